The van der Waals surface area contributed by atoms with Crippen molar-refractivity contribution in [1.82, 2.24) is 28.6 Å². The predicted molar refractivity (Wildman–Crippen MR) is 134 cm³/mol. The molecule has 15 heteroatoms. The molecule has 1 saturated heterocycles. The molecule has 5 rings (SSSR count). The minimum atomic E-state index is -4.53. The summed E-state index contributed by atoms with van der Waals surface area (Å²) in [5.74, 6) is 0.308. The van der Waals surface area contributed by atoms with Crippen LogP contribution in [0.4, 0.5) is 13.2 Å². The molecular formula is C22H22F3N7O2S2Se. The van der Waals surface area contributed by atoms with Crippen molar-refractivity contribution >= 4 is 48.5 Å². The summed E-state index contributed by atoms with van der Waals surface area (Å²) in [5.41, 5.74) is 1.84. The number of aromatic nitrogens is 4. The van der Waals surface area contributed by atoms with E-state index < -0.39 is 41.8 Å². The van der Waals surface area contributed by atoms with Crippen LogP contribution in [0.15, 0.2) is 29.4 Å². The van der Waals surface area contributed by atoms with Crippen molar-refractivity contribution in [3.05, 3.63) is 34.7 Å². The van der Waals surface area contributed by atoms with Crippen molar-refractivity contribution in [2.75, 3.05) is 26.3 Å². The van der Waals surface area contributed by atoms with Gasteiger partial charge >= 0.3 is 224 Å². The van der Waals surface area contributed by atoms with Gasteiger partial charge in [0.05, 0.1) is 0 Å². The van der Waals surface area contributed by atoms with Gasteiger partial charge in [-0.1, -0.05) is 0 Å². The Hall–Kier alpha value is -2.05. The molecule has 37 heavy (non-hydrogen) atoms. The van der Waals surface area contributed by atoms with Crippen LogP contribution in [0.5, 0.6) is 0 Å². The molecule has 196 valence electrons. The number of fused-ring (bicyclic) bond motifs is 1. The van der Waals surface area contributed by atoms with Crippen molar-refractivity contribution in [3.8, 4) is 16.5 Å². The fraction of sp³-hybridized carbons (Fsp3) is 0.455. The monoisotopic (exact) mass is 617 g/mol. The van der Waals surface area contributed by atoms with Crippen molar-refractivity contribution in [2.45, 2.75) is 42.1 Å². The summed E-state index contributed by atoms with van der Waals surface area (Å²) < 4.78 is 63.4. The minimum absolute atomic E-state index is 0.0191. The first kappa shape index (κ1) is 26.6. The molecule has 0 spiro atoms. The number of alkyl halides is 3. The Morgan fingerprint density at radius 3 is 2.70 bits per heavy atom. The zero-order valence-electron chi connectivity index (χ0n) is 19.8. The summed E-state index contributed by atoms with van der Waals surface area (Å²) in [5, 5.41) is 16.7. The summed E-state index contributed by atoms with van der Waals surface area (Å²) >= 11 is 0.135. The maximum absolute atomic E-state index is 13.2. The zero-order chi connectivity index (χ0) is 26.4. The van der Waals surface area contributed by atoms with E-state index in [1.54, 1.807) is 16.8 Å². The van der Waals surface area contributed by atoms with Crippen LogP contribution in [0.2, 0.25) is 0 Å². The first-order chi connectivity index (χ1) is 17.6. The Morgan fingerprint density at radius 2 is 2.14 bits per heavy atom. The Labute approximate surface area is 223 Å². The van der Waals surface area contributed by atoms with Crippen molar-refractivity contribution in [2.24, 2.45) is 0 Å². The molecular weight excluding hydrogens is 594 g/mol. The van der Waals surface area contributed by atoms with E-state index in [4.69, 9.17) is 4.74 Å². The first-order valence-electron chi connectivity index (χ1n) is 11.3. The third kappa shape index (κ3) is 5.29. The molecule has 0 bridgehead atoms. The molecule has 1 atom stereocenters. The van der Waals surface area contributed by atoms with Crippen LogP contribution in [-0.2, 0) is 21.9 Å². The topological polar surface area (TPSA) is 108 Å². The molecule has 9 nitrogen and oxygen atoms in total. The Bertz CT molecular complexity index is 1430. The molecule has 0 radical (unpaired) electrons. The molecule has 0 aliphatic carbocycles. The average Bonchev–Trinajstić information content (AvgIpc) is 3.50. The summed E-state index contributed by atoms with van der Waals surface area (Å²) in [6.07, 6.45) is 1.56. The van der Waals surface area contributed by atoms with E-state index in [-0.39, 0.29) is 23.0 Å². The Kier molecular flexibility index (Phi) is 7.36. The molecule has 2 aliphatic rings. The van der Waals surface area contributed by atoms with Crippen LogP contribution < -0.4 is 4.72 Å². The second kappa shape index (κ2) is 10.3. The van der Waals surface area contributed by atoms with E-state index in [1.165, 1.54) is 11.9 Å². The molecule has 3 aromatic heterocycles. The molecule has 1 N–H and O–H groups in total. The summed E-state index contributed by atoms with van der Waals surface area (Å²) in [6.45, 7) is 5.52. The number of nitrogens with one attached hydrogen (secondary N) is 1. The molecule has 5 heterocycles. The molecule has 1 fully saturated rings. The number of rotatable bonds is 7. The fourth-order valence-corrected chi connectivity index (χ4v) is 7.32. The third-order valence-corrected chi connectivity index (χ3v) is 10.5. The molecule has 3 aromatic rings. The van der Waals surface area contributed by atoms with E-state index in [0.717, 1.165) is 21.5 Å². The van der Waals surface area contributed by atoms with Crippen LogP contribution in [0, 0.1) is 11.3 Å². The van der Waals surface area contributed by atoms with E-state index in [1.807, 2.05) is 30.3 Å². The third-order valence-electron chi connectivity index (χ3n) is 5.93. The quantitative estimate of drug-likeness (QED) is 0.319. The van der Waals surface area contributed by atoms with Crippen LogP contribution in [0.3, 0.4) is 0 Å². The van der Waals surface area contributed by atoms with Crippen LogP contribution in [0.25, 0.3) is 21.5 Å². The van der Waals surface area contributed by atoms with E-state index >= 15 is 0 Å². The van der Waals surface area contributed by atoms with Crippen molar-refractivity contribution in [1.29, 1.82) is 5.26 Å². The number of nitriles is 1. The normalized spacial score (nSPS) is 19.0. The molecule has 0 amide bonds. The van der Waals surface area contributed by atoms with Gasteiger partial charge in [0.25, 0.3) is 0 Å². The van der Waals surface area contributed by atoms with Crippen LogP contribution in [-0.4, -0.2) is 79.7 Å². The number of nitrogens with zero attached hydrogens (tertiary/aromatic N) is 6. The van der Waals surface area contributed by atoms with Gasteiger partial charge in [0.2, 0.25) is 0 Å². The summed E-state index contributed by atoms with van der Waals surface area (Å²) in [7, 11) is -1.08. The second-order valence-electron chi connectivity index (χ2n) is 8.92. The van der Waals surface area contributed by atoms with Gasteiger partial charge in [-0.25, -0.2) is 0 Å². The van der Waals surface area contributed by atoms with Gasteiger partial charge in [-0.05, 0) is 0 Å². The number of hydrogen-bond acceptors (Lipinski definition) is 8. The van der Waals surface area contributed by atoms with Gasteiger partial charge in [0.1, 0.15) is 0 Å². The van der Waals surface area contributed by atoms with E-state index in [9.17, 15) is 22.6 Å². The van der Waals surface area contributed by atoms with Crippen LogP contribution >= 0.6 is 11.9 Å². The van der Waals surface area contributed by atoms with E-state index in [0.29, 0.717) is 25.3 Å². The zero-order valence-corrected chi connectivity index (χ0v) is 23.1. The second-order valence-corrected chi connectivity index (χ2v) is 13.9. The van der Waals surface area contributed by atoms with Gasteiger partial charge in [0.15, 0.2) is 0 Å². The van der Waals surface area contributed by atoms with Gasteiger partial charge < -0.3 is 0 Å². The predicted octanol–water partition coefficient (Wildman–Crippen LogP) is 2.92. The molecule has 0 aromatic carbocycles. The fourth-order valence-electron chi connectivity index (χ4n) is 3.94. The molecule has 1 unspecified atom stereocenters. The Morgan fingerprint density at radius 1 is 1.35 bits per heavy atom. The summed E-state index contributed by atoms with van der Waals surface area (Å²) in [4.78, 5) is 5.18. The first-order valence-corrected chi connectivity index (χ1v) is 15.0. The number of halogens is 3. The molecule has 2 aliphatic heterocycles. The van der Waals surface area contributed by atoms with E-state index in [2.05, 4.69) is 26.0 Å². The van der Waals surface area contributed by atoms with Crippen molar-refractivity contribution < 1.29 is 22.1 Å². The van der Waals surface area contributed by atoms with Gasteiger partial charge in [-0.15, -0.1) is 0 Å². The van der Waals surface area contributed by atoms with Gasteiger partial charge in [-0.3, -0.25) is 0 Å². The van der Waals surface area contributed by atoms with Gasteiger partial charge in [0, 0.05) is 0 Å². The van der Waals surface area contributed by atoms with Gasteiger partial charge in [-0.2, -0.15) is 0 Å². The summed E-state index contributed by atoms with van der Waals surface area (Å²) in [6, 6.07) is 4.21. The molecule has 0 saturated carbocycles. The number of imidazole rings is 1. The Balaban J connectivity index is 1.54. The number of pyridine rings is 1. The number of ether oxygens (including phenoxy) is 1. The maximum atomic E-state index is 13.2. The van der Waals surface area contributed by atoms with Crippen LogP contribution in [0.1, 0.15) is 30.4 Å². The standard InChI is InChI=1S/C22H22F3N7O2S2Se/c1-13(2)36(33)31-5-3-14(4-6-31)16-7-15(35-30-21(10-26)11-34-12-21)9-32-17(16)8-27-18(32)19-28-29-20(37-19)22(23,24)25/h3,7-9,13,30H,4-6,11-12H2,1-2H3. The average molecular weight is 617 g/mol. The number of hydrogen-bond donors (Lipinski definition) is 1. The van der Waals surface area contributed by atoms with Crippen molar-refractivity contribution in [3.63, 3.8) is 0 Å². The SMILES string of the molecule is CC(C)S(=O)N1CC=C(c2cc(SNC3(C#N)COC3)cn3c(-c4nnc(C(F)(F)F)[se]4)ncc23)CC1.